The summed E-state index contributed by atoms with van der Waals surface area (Å²) in [7, 11) is 0. The zero-order chi connectivity index (χ0) is 12.8. The second-order valence-corrected chi connectivity index (χ2v) is 4.42. The summed E-state index contributed by atoms with van der Waals surface area (Å²) in [6.07, 6.45) is 3.40. The molecule has 1 aromatic heterocycles. The Labute approximate surface area is 112 Å². The van der Waals surface area contributed by atoms with E-state index in [4.69, 9.17) is 22.1 Å². The van der Waals surface area contributed by atoms with Gasteiger partial charge < -0.3 is 10.5 Å². The fraction of sp³-hybridized carbons (Fsp3) is 0.214. The molecule has 1 heterocycles. The van der Waals surface area contributed by atoms with Gasteiger partial charge in [0.2, 0.25) is 0 Å². The van der Waals surface area contributed by atoms with Gasteiger partial charge in [0, 0.05) is 23.7 Å². The van der Waals surface area contributed by atoms with Gasteiger partial charge in [-0.05, 0) is 29.8 Å². The highest BCUT2D eigenvalue weighted by atomic mass is 35.5. The lowest BCUT2D eigenvalue weighted by molar-refractivity contribution is 0.289. The number of halogens is 1. The Morgan fingerprint density at radius 1 is 1.22 bits per heavy atom. The zero-order valence-corrected chi connectivity index (χ0v) is 10.7. The largest absolute Gasteiger partial charge is 0.491 e. The lowest BCUT2D eigenvalue weighted by atomic mass is 10.0. The SMILES string of the molecule is NCC(COc1cccnc1)c1ccc(Cl)cc1. The van der Waals surface area contributed by atoms with Crippen LogP contribution in [0.2, 0.25) is 5.02 Å². The van der Waals surface area contributed by atoms with Crippen molar-refractivity contribution < 1.29 is 4.74 Å². The van der Waals surface area contributed by atoms with Crippen molar-refractivity contribution in [2.24, 2.45) is 5.73 Å². The number of nitrogens with two attached hydrogens (primary N) is 1. The first-order valence-corrected chi connectivity index (χ1v) is 6.15. The van der Waals surface area contributed by atoms with Crippen molar-refractivity contribution in [3.8, 4) is 5.75 Å². The number of benzene rings is 1. The lowest BCUT2D eigenvalue weighted by Crippen LogP contribution is -2.19. The maximum atomic E-state index is 5.86. The van der Waals surface area contributed by atoms with E-state index >= 15 is 0 Å². The fourth-order valence-corrected chi connectivity index (χ4v) is 1.79. The first kappa shape index (κ1) is 12.9. The molecule has 1 aromatic carbocycles. The van der Waals surface area contributed by atoms with Crippen LogP contribution in [0.5, 0.6) is 5.75 Å². The van der Waals surface area contributed by atoms with Gasteiger partial charge in [0.1, 0.15) is 5.75 Å². The average Bonchev–Trinajstić information content (AvgIpc) is 2.42. The predicted molar refractivity (Wildman–Crippen MR) is 73.0 cm³/mol. The van der Waals surface area contributed by atoms with Crippen molar-refractivity contribution in [2.75, 3.05) is 13.2 Å². The second kappa shape index (κ2) is 6.38. The van der Waals surface area contributed by atoms with Gasteiger partial charge in [-0.25, -0.2) is 0 Å². The molecule has 0 saturated carbocycles. The summed E-state index contributed by atoms with van der Waals surface area (Å²) in [6, 6.07) is 11.4. The fourth-order valence-electron chi connectivity index (χ4n) is 1.66. The normalized spacial score (nSPS) is 12.1. The summed E-state index contributed by atoms with van der Waals surface area (Å²) in [5.74, 6) is 0.910. The zero-order valence-electron chi connectivity index (χ0n) is 9.92. The van der Waals surface area contributed by atoms with Crippen molar-refractivity contribution in [1.82, 2.24) is 4.98 Å². The molecule has 0 spiro atoms. The van der Waals surface area contributed by atoms with Crippen molar-refractivity contribution in [3.63, 3.8) is 0 Å². The van der Waals surface area contributed by atoms with E-state index in [1.807, 2.05) is 36.4 Å². The molecule has 0 fully saturated rings. The van der Waals surface area contributed by atoms with Gasteiger partial charge in [-0.3, -0.25) is 4.98 Å². The molecule has 94 valence electrons. The van der Waals surface area contributed by atoms with Crippen LogP contribution in [0.1, 0.15) is 11.5 Å². The summed E-state index contributed by atoms with van der Waals surface area (Å²) in [4.78, 5) is 4.00. The van der Waals surface area contributed by atoms with Crippen molar-refractivity contribution in [1.29, 1.82) is 0 Å². The highest BCUT2D eigenvalue weighted by molar-refractivity contribution is 6.30. The van der Waals surface area contributed by atoms with Crippen molar-refractivity contribution >= 4 is 11.6 Å². The molecule has 0 radical (unpaired) electrons. The molecule has 1 atom stereocenters. The number of ether oxygens (including phenoxy) is 1. The number of nitrogens with zero attached hydrogens (tertiary/aromatic N) is 1. The molecule has 0 amide bonds. The molecular formula is C14H15ClN2O. The summed E-state index contributed by atoms with van der Waals surface area (Å²) in [5.41, 5.74) is 6.91. The van der Waals surface area contributed by atoms with Crippen LogP contribution in [0.3, 0.4) is 0 Å². The van der Waals surface area contributed by atoms with E-state index in [9.17, 15) is 0 Å². The van der Waals surface area contributed by atoms with Gasteiger partial charge >= 0.3 is 0 Å². The van der Waals surface area contributed by atoms with E-state index in [0.717, 1.165) is 16.3 Å². The van der Waals surface area contributed by atoms with Crippen molar-refractivity contribution in [2.45, 2.75) is 5.92 Å². The third-order valence-electron chi connectivity index (χ3n) is 2.71. The number of hydrogen-bond donors (Lipinski definition) is 1. The molecular weight excluding hydrogens is 248 g/mol. The summed E-state index contributed by atoms with van der Waals surface area (Å²) >= 11 is 5.86. The summed E-state index contributed by atoms with van der Waals surface area (Å²) in [5, 5.41) is 0.725. The van der Waals surface area contributed by atoms with E-state index in [1.165, 1.54) is 0 Å². The Morgan fingerprint density at radius 2 is 2.00 bits per heavy atom. The van der Waals surface area contributed by atoms with Crippen molar-refractivity contribution in [3.05, 3.63) is 59.4 Å². The second-order valence-electron chi connectivity index (χ2n) is 3.98. The minimum atomic E-state index is 0.155. The van der Waals surface area contributed by atoms with E-state index < -0.39 is 0 Å². The monoisotopic (exact) mass is 262 g/mol. The maximum absolute atomic E-state index is 5.86. The van der Waals surface area contributed by atoms with Crippen LogP contribution in [0.4, 0.5) is 0 Å². The van der Waals surface area contributed by atoms with Crippen LogP contribution in [-0.2, 0) is 0 Å². The number of pyridine rings is 1. The molecule has 2 N–H and O–H groups in total. The van der Waals surface area contributed by atoms with Crippen LogP contribution in [0.25, 0.3) is 0 Å². The minimum Gasteiger partial charge on any atom is -0.491 e. The van der Waals surface area contributed by atoms with Gasteiger partial charge in [0.25, 0.3) is 0 Å². The van der Waals surface area contributed by atoms with Gasteiger partial charge in [-0.15, -0.1) is 0 Å². The third kappa shape index (κ3) is 3.45. The standard InChI is InChI=1S/C14H15ClN2O/c15-13-5-3-11(4-6-13)12(8-16)10-18-14-2-1-7-17-9-14/h1-7,9,12H,8,10,16H2. The lowest BCUT2D eigenvalue weighted by Gasteiger charge is -2.16. The smallest absolute Gasteiger partial charge is 0.137 e. The maximum Gasteiger partial charge on any atom is 0.137 e. The molecule has 0 aliphatic carbocycles. The van der Waals surface area contributed by atoms with E-state index in [-0.39, 0.29) is 5.92 Å². The first-order chi connectivity index (χ1) is 8.79. The minimum absolute atomic E-state index is 0.155. The van der Waals surface area contributed by atoms with E-state index in [0.29, 0.717) is 13.2 Å². The number of rotatable bonds is 5. The molecule has 1 unspecified atom stereocenters. The highest BCUT2D eigenvalue weighted by Gasteiger charge is 2.10. The Balaban J connectivity index is 1.99. The molecule has 18 heavy (non-hydrogen) atoms. The highest BCUT2D eigenvalue weighted by Crippen LogP contribution is 2.19. The molecule has 4 heteroatoms. The molecule has 0 aliphatic heterocycles. The molecule has 2 aromatic rings. The van der Waals surface area contributed by atoms with Crippen LogP contribution in [-0.4, -0.2) is 18.1 Å². The van der Waals surface area contributed by atoms with Gasteiger partial charge in [-0.1, -0.05) is 23.7 Å². The molecule has 0 aliphatic rings. The van der Waals surface area contributed by atoms with Gasteiger partial charge in [0.05, 0.1) is 12.8 Å². The van der Waals surface area contributed by atoms with Gasteiger partial charge in [0.15, 0.2) is 0 Å². The average molecular weight is 263 g/mol. The van der Waals surface area contributed by atoms with E-state index in [2.05, 4.69) is 4.98 Å². The molecule has 3 nitrogen and oxygen atoms in total. The molecule has 0 saturated heterocycles. The molecule has 2 rings (SSSR count). The van der Waals surface area contributed by atoms with E-state index in [1.54, 1.807) is 12.4 Å². The van der Waals surface area contributed by atoms with Crippen LogP contribution in [0.15, 0.2) is 48.8 Å². The van der Waals surface area contributed by atoms with Crippen LogP contribution < -0.4 is 10.5 Å². The quantitative estimate of drug-likeness (QED) is 0.901. The number of hydrogen-bond acceptors (Lipinski definition) is 3. The Bertz CT molecular complexity index is 473. The van der Waals surface area contributed by atoms with Crippen LogP contribution >= 0.6 is 11.6 Å². The first-order valence-electron chi connectivity index (χ1n) is 5.78. The van der Waals surface area contributed by atoms with Gasteiger partial charge in [-0.2, -0.15) is 0 Å². The third-order valence-corrected chi connectivity index (χ3v) is 2.96. The molecule has 0 bridgehead atoms. The summed E-state index contributed by atoms with van der Waals surface area (Å²) in [6.45, 7) is 1.06. The van der Waals surface area contributed by atoms with Crippen LogP contribution in [0, 0.1) is 0 Å². The summed E-state index contributed by atoms with van der Waals surface area (Å²) < 4.78 is 5.67. The Morgan fingerprint density at radius 3 is 2.61 bits per heavy atom. The predicted octanol–water partition coefficient (Wildman–Crippen LogP) is 2.86. The Hall–Kier alpha value is -1.58. The Kier molecular flexibility index (Phi) is 4.56. The number of aromatic nitrogens is 1. The topological polar surface area (TPSA) is 48.1 Å².